The molecule has 0 amide bonds. The van der Waals surface area contributed by atoms with E-state index in [1.807, 2.05) is 6.92 Å². The molecule has 0 aliphatic carbocycles. The van der Waals surface area contributed by atoms with Gasteiger partial charge in [0.15, 0.2) is 0 Å². The van der Waals surface area contributed by atoms with Gasteiger partial charge in [-0.15, -0.1) is 0 Å². The minimum Gasteiger partial charge on any atom is -0.481 e. The molecule has 0 saturated heterocycles. The molecule has 0 bridgehead atoms. The van der Waals surface area contributed by atoms with Crippen LogP contribution in [-0.4, -0.2) is 35.8 Å². The molecule has 0 aromatic heterocycles. The molecule has 1 N–H and O–H groups in total. The Hall–Kier alpha value is -0.220. The molecule has 66 valence electrons. The molecule has 11 heavy (non-hydrogen) atoms. The summed E-state index contributed by atoms with van der Waals surface area (Å²) in [5, 5.41) is 8.28. The second kappa shape index (κ2) is 6.49. The van der Waals surface area contributed by atoms with E-state index in [4.69, 9.17) is 9.84 Å². The van der Waals surface area contributed by atoms with Crippen molar-refractivity contribution in [3.05, 3.63) is 0 Å². The number of hydrogen-bond donors (Lipinski definition) is 1. The Morgan fingerprint density at radius 3 is 2.82 bits per heavy atom. The van der Waals surface area contributed by atoms with Crippen LogP contribution in [0.2, 0.25) is 0 Å². The number of rotatable bonds is 6. The van der Waals surface area contributed by atoms with E-state index in [-0.39, 0.29) is 11.9 Å². The number of hydrogen-bond acceptors (Lipinski definition) is 3. The van der Waals surface area contributed by atoms with Crippen LogP contribution in [0.5, 0.6) is 0 Å². The van der Waals surface area contributed by atoms with Gasteiger partial charge in [0.05, 0.1) is 11.9 Å². The maximum absolute atomic E-state index is 10.1. The van der Waals surface area contributed by atoms with Gasteiger partial charge in [0.1, 0.15) is 0 Å². The number of carbonyl (C=O) groups is 1. The molecule has 0 fully saturated rings. The number of carboxylic acid groups (broad SMARTS) is 1. The molecule has 0 aromatic carbocycles. The predicted molar refractivity (Wildman–Crippen MR) is 46.0 cm³/mol. The predicted octanol–water partition coefficient (Wildman–Crippen LogP) is 1.23. The second-order valence-corrected chi connectivity index (χ2v) is 3.39. The van der Waals surface area contributed by atoms with Crippen molar-refractivity contribution in [1.29, 1.82) is 0 Å². The summed E-state index contributed by atoms with van der Waals surface area (Å²) in [6.45, 7) is 1.97. The number of carboxylic acids is 1. The minimum absolute atomic E-state index is 0.191. The highest BCUT2D eigenvalue weighted by Gasteiger charge is 2.00. The van der Waals surface area contributed by atoms with Crippen LogP contribution >= 0.6 is 11.8 Å². The lowest BCUT2D eigenvalue weighted by Gasteiger charge is -2.06. The summed E-state index contributed by atoms with van der Waals surface area (Å²) in [6.07, 6.45) is 1.14. The molecule has 4 heteroatoms. The number of thioether (sulfide) groups is 1. The van der Waals surface area contributed by atoms with Crippen molar-refractivity contribution in [2.24, 2.45) is 0 Å². The average molecular weight is 178 g/mol. The average Bonchev–Trinajstić information content (AvgIpc) is 1.97. The third kappa shape index (κ3) is 7.68. The lowest BCUT2D eigenvalue weighted by Crippen LogP contribution is -2.07. The van der Waals surface area contributed by atoms with Gasteiger partial charge in [0.2, 0.25) is 0 Å². The van der Waals surface area contributed by atoms with Gasteiger partial charge in [0, 0.05) is 7.11 Å². The first kappa shape index (κ1) is 10.8. The molecule has 0 saturated carbocycles. The monoisotopic (exact) mass is 178 g/mol. The van der Waals surface area contributed by atoms with Gasteiger partial charge in [-0.1, -0.05) is 0 Å². The minimum atomic E-state index is -0.750. The molecule has 3 nitrogen and oxygen atoms in total. The number of aliphatic carboxylic acids is 1. The van der Waals surface area contributed by atoms with Gasteiger partial charge in [-0.25, -0.2) is 0 Å². The van der Waals surface area contributed by atoms with Gasteiger partial charge >= 0.3 is 5.97 Å². The Bertz CT molecular complexity index is 116. The molecule has 0 rings (SSSR count). The fourth-order valence-electron chi connectivity index (χ4n) is 0.527. The highest BCUT2D eigenvalue weighted by Crippen LogP contribution is 2.05. The maximum Gasteiger partial charge on any atom is 0.313 e. The molecule has 0 aromatic rings. The summed E-state index contributed by atoms with van der Waals surface area (Å²) in [5.74, 6) is 0.289. The SMILES string of the molecule is COC(C)CCSCC(=O)O. The summed E-state index contributed by atoms with van der Waals surface area (Å²) < 4.78 is 5.00. The Labute approximate surface area is 71.1 Å². The van der Waals surface area contributed by atoms with Crippen LogP contribution in [0.25, 0.3) is 0 Å². The maximum atomic E-state index is 10.1. The topological polar surface area (TPSA) is 46.5 Å². The van der Waals surface area contributed by atoms with Crippen LogP contribution in [0.15, 0.2) is 0 Å². The molecule has 0 heterocycles. The third-order valence-corrected chi connectivity index (χ3v) is 2.27. The van der Waals surface area contributed by atoms with Crippen LogP contribution in [0.3, 0.4) is 0 Å². The first-order chi connectivity index (χ1) is 5.16. The Kier molecular flexibility index (Phi) is 6.36. The van der Waals surface area contributed by atoms with Gasteiger partial charge in [-0.2, -0.15) is 11.8 Å². The Morgan fingerprint density at radius 2 is 2.36 bits per heavy atom. The third-order valence-electron chi connectivity index (χ3n) is 1.30. The van der Waals surface area contributed by atoms with E-state index in [0.29, 0.717) is 0 Å². The quantitative estimate of drug-likeness (QED) is 0.621. The normalized spacial score (nSPS) is 12.9. The van der Waals surface area contributed by atoms with Crippen LogP contribution < -0.4 is 0 Å². The van der Waals surface area contributed by atoms with E-state index >= 15 is 0 Å². The van der Waals surface area contributed by atoms with Crippen molar-refractivity contribution >= 4 is 17.7 Å². The fraction of sp³-hybridized carbons (Fsp3) is 0.857. The molecular weight excluding hydrogens is 164 g/mol. The Balaban J connectivity index is 3.08. The summed E-state index contributed by atoms with van der Waals surface area (Å²) >= 11 is 1.43. The van der Waals surface area contributed by atoms with Crippen molar-refractivity contribution in [3.8, 4) is 0 Å². The summed E-state index contributed by atoms with van der Waals surface area (Å²) in [6, 6.07) is 0. The van der Waals surface area contributed by atoms with Crippen molar-refractivity contribution in [1.82, 2.24) is 0 Å². The van der Waals surface area contributed by atoms with Crippen LogP contribution in [-0.2, 0) is 9.53 Å². The number of methoxy groups -OCH3 is 1. The molecule has 1 atom stereocenters. The first-order valence-electron chi connectivity index (χ1n) is 3.49. The van der Waals surface area contributed by atoms with Gasteiger partial charge in [0.25, 0.3) is 0 Å². The summed E-state index contributed by atoms with van der Waals surface area (Å²) in [7, 11) is 1.66. The molecule has 0 spiro atoms. The van der Waals surface area contributed by atoms with E-state index in [2.05, 4.69) is 0 Å². The van der Waals surface area contributed by atoms with E-state index in [1.54, 1.807) is 7.11 Å². The highest BCUT2D eigenvalue weighted by molar-refractivity contribution is 7.99. The largest absolute Gasteiger partial charge is 0.481 e. The van der Waals surface area contributed by atoms with Gasteiger partial charge in [-0.05, 0) is 19.1 Å². The molecule has 0 aliphatic rings. The highest BCUT2D eigenvalue weighted by atomic mass is 32.2. The van der Waals surface area contributed by atoms with Crippen molar-refractivity contribution in [2.75, 3.05) is 18.6 Å². The molecular formula is C7H14O3S. The standard InChI is InChI=1S/C7H14O3S/c1-6(10-2)3-4-11-5-7(8)9/h6H,3-5H2,1-2H3,(H,8,9). The Morgan fingerprint density at radius 1 is 1.73 bits per heavy atom. The van der Waals surface area contributed by atoms with Crippen molar-refractivity contribution in [3.63, 3.8) is 0 Å². The number of ether oxygens (including phenoxy) is 1. The van der Waals surface area contributed by atoms with Gasteiger partial charge in [-0.3, -0.25) is 4.79 Å². The summed E-state index contributed by atoms with van der Waals surface area (Å²) in [5.41, 5.74) is 0. The van der Waals surface area contributed by atoms with Crippen molar-refractivity contribution in [2.45, 2.75) is 19.4 Å². The van der Waals surface area contributed by atoms with Crippen LogP contribution in [0.4, 0.5) is 0 Å². The van der Waals surface area contributed by atoms with Crippen LogP contribution in [0, 0.1) is 0 Å². The smallest absolute Gasteiger partial charge is 0.313 e. The van der Waals surface area contributed by atoms with Crippen LogP contribution in [0.1, 0.15) is 13.3 Å². The van der Waals surface area contributed by atoms with Gasteiger partial charge < -0.3 is 9.84 Å². The zero-order chi connectivity index (χ0) is 8.69. The van der Waals surface area contributed by atoms with Crippen molar-refractivity contribution < 1.29 is 14.6 Å². The summed E-state index contributed by atoms with van der Waals surface area (Å²) in [4.78, 5) is 10.1. The van der Waals surface area contributed by atoms with E-state index in [0.717, 1.165) is 12.2 Å². The first-order valence-corrected chi connectivity index (χ1v) is 4.64. The van der Waals surface area contributed by atoms with E-state index in [1.165, 1.54) is 11.8 Å². The lowest BCUT2D eigenvalue weighted by molar-refractivity contribution is -0.133. The van der Waals surface area contributed by atoms with E-state index < -0.39 is 5.97 Å². The molecule has 0 aliphatic heterocycles. The lowest BCUT2D eigenvalue weighted by atomic mass is 10.3. The zero-order valence-electron chi connectivity index (χ0n) is 6.87. The van der Waals surface area contributed by atoms with E-state index in [9.17, 15) is 4.79 Å². The molecule has 1 unspecified atom stereocenters. The zero-order valence-corrected chi connectivity index (χ0v) is 7.69. The second-order valence-electron chi connectivity index (χ2n) is 2.28. The fourth-order valence-corrected chi connectivity index (χ4v) is 1.34. The molecule has 0 radical (unpaired) electrons.